The first-order chi connectivity index (χ1) is 12.3. The molecule has 1 aliphatic carbocycles. The van der Waals surface area contributed by atoms with Crippen LogP contribution in [0, 0.1) is 5.92 Å². The minimum absolute atomic E-state index is 0.280. The van der Waals surface area contributed by atoms with Gasteiger partial charge in [0.25, 0.3) is 5.91 Å². The van der Waals surface area contributed by atoms with Gasteiger partial charge in [0.1, 0.15) is 12.1 Å². The van der Waals surface area contributed by atoms with Crippen LogP contribution in [0.25, 0.3) is 0 Å². The fourth-order valence-corrected chi connectivity index (χ4v) is 4.72. The molecule has 2 atom stereocenters. The van der Waals surface area contributed by atoms with Crippen LogP contribution >= 0.6 is 0 Å². The smallest absolute Gasteiger partial charge is 0.327 e. The summed E-state index contributed by atoms with van der Waals surface area (Å²) in [5.74, 6) is -2.15. The molecule has 3 rings (SSSR count). The summed E-state index contributed by atoms with van der Waals surface area (Å²) < 4.78 is 0. The van der Waals surface area contributed by atoms with Crippen molar-refractivity contribution >= 4 is 23.8 Å². The second kappa shape index (κ2) is 6.89. The summed E-state index contributed by atoms with van der Waals surface area (Å²) in [7, 11) is 1.64. The summed E-state index contributed by atoms with van der Waals surface area (Å²) in [5, 5.41) is 9.31. The Morgan fingerprint density at radius 3 is 2.42 bits per heavy atom. The Kier molecular flexibility index (Phi) is 4.94. The van der Waals surface area contributed by atoms with Gasteiger partial charge in [-0.25, -0.2) is 4.79 Å². The molecule has 0 radical (unpaired) electrons. The number of imide groups is 1. The van der Waals surface area contributed by atoms with Crippen LogP contribution in [0.15, 0.2) is 0 Å². The average Bonchev–Trinajstić information content (AvgIpc) is 2.78. The predicted molar refractivity (Wildman–Crippen MR) is 92.2 cm³/mol. The Balaban J connectivity index is 1.74. The van der Waals surface area contributed by atoms with Crippen molar-refractivity contribution in [2.75, 3.05) is 20.1 Å². The summed E-state index contributed by atoms with van der Waals surface area (Å²) in [4.78, 5) is 53.8. The summed E-state index contributed by atoms with van der Waals surface area (Å²) in [6.07, 6.45) is 5.27. The van der Waals surface area contributed by atoms with Gasteiger partial charge >= 0.3 is 12.0 Å². The Labute approximate surface area is 153 Å². The third-order valence-electron chi connectivity index (χ3n) is 6.40. The lowest BCUT2D eigenvalue weighted by atomic mass is 9.81. The van der Waals surface area contributed by atoms with E-state index in [-0.39, 0.29) is 18.4 Å². The van der Waals surface area contributed by atoms with E-state index in [9.17, 15) is 24.3 Å². The van der Waals surface area contributed by atoms with Crippen LogP contribution in [-0.2, 0) is 14.4 Å². The average molecular weight is 365 g/mol. The number of aliphatic carboxylic acids is 1. The quantitative estimate of drug-likeness (QED) is 0.760. The molecular weight excluding hydrogens is 338 g/mol. The number of carboxylic acids is 1. The van der Waals surface area contributed by atoms with Gasteiger partial charge < -0.3 is 14.9 Å². The van der Waals surface area contributed by atoms with Gasteiger partial charge in [-0.3, -0.25) is 19.3 Å². The van der Waals surface area contributed by atoms with Crippen molar-refractivity contribution in [2.24, 2.45) is 5.92 Å². The molecule has 0 aromatic carbocycles. The first-order valence-electron chi connectivity index (χ1n) is 9.41. The SMILES string of the molecule is C[C@@H]1[C@H](C(=O)O)CCCN1C(=O)CN1C(=O)N(C)C2(CCCCC2)C1=O. The minimum Gasteiger partial charge on any atom is -0.481 e. The second-order valence-corrected chi connectivity index (χ2v) is 7.74. The van der Waals surface area contributed by atoms with E-state index in [1.54, 1.807) is 14.0 Å². The van der Waals surface area contributed by atoms with Crippen LogP contribution in [0.4, 0.5) is 4.79 Å². The maximum Gasteiger partial charge on any atom is 0.327 e. The summed E-state index contributed by atoms with van der Waals surface area (Å²) in [6, 6.07) is -0.868. The molecule has 2 aliphatic heterocycles. The van der Waals surface area contributed by atoms with Crippen molar-refractivity contribution in [1.29, 1.82) is 0 Å². The lowest BCUT2D eigenvalue weighted by Gasteiger charge is -2.38. The van der Waals surface area contributed by atoms with Crippen molar-refractivity contribution in [1.82, 2.24) is 14.7 Å². The van der Waals surface area contributed by atoms with E-state index in [0.717, 1.165) is 24.2 Å². The van der Waals surface area contributed by atoms with Gasteiger partial charge in [-0.15, -0.1) is 0 Å². The highest BCUT2D eigenvalue weighted by Crippen LogP contribution is 2.39. The number of amides is 4. The number of hydrogen-bond donors (Lipinski definition) is 1. The van der Waals surface area contributed by atoms with E-state index in [0.29, 0.717) is 32.2 Å². The van der Waals surface area contributed by atoms with Gasteiger partial charge in [0.2, 0.25) is 5.91 Å². The van der Waals surface area contributed by atoms with E-state index in [2.05, 4.69) is 0 Å². The minimum atomic E-state index is -0.913. The van der Waals surface area contributed by atoms with E-state index in [4.69, 9.17) is 0 Å². The third-order valence-corrected chi connectivity index (χ3v) is 6.40. The maximum absolute atomic E-state index is 13.0. The van der Waals surface area contributed by atoms with Crippen LogP contribution in [-0.4, -0.2) is 75.3 Å². The largest absolute Gasteiger partial charge is 0.481 e. The molecule has 1 saturated carbocycles. The standard InChI is InChI=1S/C18H27N3O5/c1-12-13(15(23)24)7-6-10-20(12)14(22)11-21-16(25)18(19(2)17(21)26)8-4-3-5-9-18/h12-13H,3-11H2,1-2H3,(H,23,24)/t12-,13-/m1/s1. The fraction of sp³-hybridized carbons (Fsp3) is 0.778. The number of urea groups is 1. The summed E-state index contributed by atoms with van der Waals surface area (Å²) in [5.41, 5.74) is -0.799. The van der Waals surface area contributed by atoms with Crippen molar-refractivity contribution in [2.45, 2.75) is 63.5 Å². The van der Waals surface area contributed by atoms with Crippen molar-refractivity contribution < 1.29 is 24.3 Å². The highest BCUT2D eigenvalue weighted by atomic mass is 16.4. The van der Waals surface area contributed by atoms with Crippen molar-refractivity contribution in [3.63, 3.8) is 0 Å². The highest BCUT2D eigenvalue weighted by molar-refractivity contribution is 6.09. The molecule has 0 unspecified atom stereocenters. The molecule has 144 valence electrons. The monoisotopic (exact) mass is 365 g/mol. The normalized spacial score (nSPS) is 28.8. The molecule has 2 heterocycles. The summed E-state index contributed by atoms with van der Waals surface area (Å²) >= 11 is 0. The molecule has 8 heteroatoms. The van der Waals surface area contributed by atoms with Crippen LogP contribution < -0.4 is 0 Å². The molecule has 2 saturated heterocycles. The van der Waals surface area contributed by atoms with Gasteiger partial charge in [0, 0.05) is 19.6 Å². The number of nitrogens with zero attached hydrogens (tertiary/aromatic N) is 3. The molecule has 8 nitrogen and oxygen atoms in total. The number of likely N-dealkylation sites (N-methyl/N-ethyl adjacent to an activating group) is 1. The van der Waals surface area contributed by atoms with E-state index in [1.165, 1.54) is 9.80 Å². The molecule has 26 heavy (non-hydrogen) atoms. The lowest BCUT2D eigenvalue weighted by Crippen LogP contribution is -2.53. The second-order valence-electron chi connectivity index (χ2n) is 7.74. The van der Waals surface area contributed by atoms with Gasteiger partial charge in [-0.2, -0.15) is 0 Å². The van der Waals surface area contributed by atoms with Crippen LogP contribution in [0.2, 0.25) is 0 Å². The number of carbonyl (C=O) groups is 4. The number of rotatable bonds is 3. The van der Waals surface area contributed by atoms with Crippen LogP contribution in [0.1, 0.15) is 51.9 Å². The molecule has 0 aromatic rings. The van der Waals surface area contributed by atoms with Gasteiger partial charge in [-0.05, 0) is 32.6 Å². The lowest BCUT2D eigenvalue weighted by molar-refractivity contribution is -0.150. The molecule has 0 bridgehead atoms. The van der Waals surface area contributed by atoms with Gasteiger partial charge in [0.15, 0.2) is 0 Å². The molecule has 4 amide bonds. The number of hydrogen-bond acceptors (Lipinski definition) is 4. The zero-order valence-electron chi connectivity index (χ0n) is 15.4. The van der Waals surface area contributed by atoms with Crippen molar-refractivity contribution in [3.8, 4) is 0 Å². The third kappa shape index (κ3) is 2.85. The summed E-state index contributed by atoms with van der Waals surface area (Å²) in [6.45, 7) is 1.87. The number of carbonyl (C=O) groups excluding carboxylic acids is 3. The maximum atomic E-state index is 13.0. The first kappa shape index (κ1) is 18.7. The molecule has 1 N–H and O–H groups in total. The number of carboxylic acid groups (broad SMARTS) is 1. The van der Waals surface area contributed by atoms with Crippen LogP contribution in [0.3, 0.4) is 0 Å². The molecular formula is C18H27N3O5. The van der Waals surface area contributed by atoms with Crippen LogP contribution in [0.5, 0.6) is 0 Å². The van der Waals surface area contributed by atoms with Crippen molar-refractivity contribution in [3.05, 3.63) is 0 Å². The van der Waals surface area contributed by atoms with E-state index < -0.39 is 29.5 Å². The Hall–Kier alpha value is -2.12. The zero-order chi connectivity index (χ0) is 19.1. The molecule has 0 aromatic heterocycles. The zero-order valence-corrected chi connectivity index (χ0v) is 15.4. The predicted octanol–water partition coefficient (Wildman–Crippen LogP) is 1.29. The fourth-order valence-electron chi connectivity index (χ4n) is 4.72. The Morgan fingerprint density at radius 1 is 1.15 bits per heavy atom. The van der Waals surface area contributed by atoms with Gasteiger partial charge in [-0.1, -0.05) is 19.3 Å². The van der Waals surface area contributed by atoms with E-state index in [1.807, 2.05) is 0 Å². The Morgan fingerprint density at radius 2 is 1.81 bits per heavy atom. The number of piperidine rings is 1. The number of likely N-dealkylation sites (tertiary alicyclic amines) is 1. The molecule has 1 spiro atoms. The first-order valence-corrected chi connectivity index (χ1v) is 9.41. The highest BCUT2D eigenvalue weighted by Gasteiger charge is 2.56. The van der Waals surface area contributed by atoms with Gasteiger partial charge in [0.05, 0.1) is 5.92 Å². The molecule has 3 fully saturated rings. The topological polar surface area (TPSA) is 98.2 Å². The van der Waals surface area contributed by atoms with E-state index >= 15 is 0 Å². The molecule has 3 aliphatic rings. The Bertz CT molecular complexity index is 628.